The first kappa shape index (κ1) is 20.3. The van der Waals surface area contributed by atoms with E-state index in [9.17, 15) is 19.8 Å². The first-order valence-corrected chi connectivity index (χ1v) is 10.8. The molecule has 4 unspecified atom stereocenters. The zero-order valence-electron chi connectivity index (χ0n) is 17.3. The molecule has 1 aliphatic heterocycles. The number of nitrogens with one attached hydrogen (secondary N) is 1. The summed E-state index contributed by atoms with van der Waals surface area (Å²) < 4.78 is 22.6. The van der Waals surface area contributed by atoms with Crippen molar-refractivity contribution in [1.82, 2.24) is 9.55 Å². The van der Waals surface area contributed by atoms with Gasteiger partial charge in [-0.25, -0.2) is 9.18 Å². The van der Waals surface area contributed by atoms with Gasteiger partial charge in [0.05, 0.1) is 30.4 Å². The van der Waals surface area contributed by atoms with Gasteiger partial charge in [-0.15, -0.1) is 0 Å². The number of aromatic amines is 1. The van der Waals surface area contributed by atoms with Crippen LogP contribution in [0.1, 0.15) is 38.1 Å². The summed E-state index contributed by atoms with van der Waals surface area (Å²) in [5.74, 6) is -0.813. The van der Waals surface area contributed by atoms with Crippen molar-refractivity contribution in [3.8, 4) is 5.75 Å². The van der Waals surface area contributed by atoms with E-state index in [4.69, 9.17) is 10.5 Å². The number of hydrogen-bond acceptors (Lipinski definition) is 7. The number of aliphatic hydroxyl groups is 2. The lowest BCUT2D eigenvalue weighted by Crippen LogP contribution is -2.36. The number of halogens is 1. The lowest BCUT2D eigenvalue weighted by Gasteiger charge is -2.26. The number of benzene rings is 1. The summed E-state index contributed by atoms with van der Waals surface area (Å²) in [7, 11) is 1.38. The van der Waals surface area contributed by atoms with Crippen LogP contribution in [0.25, 0.3) is 10.9 Å². The Bertz CT molecular complexity index is 1160. The third-order valence-corrected chi connectivity index (χ3v) is 7.12. The molecule has 0 amide bonds. The second-order valence-electron chi connectivity index (χ2n) is 9.01. The standard InChI is InChI=1S/C21H27FN4O5/c1-31-19-16-13(20(29)24-21(30)26(16)10-5-6-10)15(23)14(22)17(19)25-7-9-3-2-4-12(27)18(28)11(9)8-25/h9-12,18,27-28H,2-8,23H2,1H3,(H,24,29,30). The Kier molecular flexibility index (Phi) is 4.74. The van der Waals surface area contributed by atoms with E-state index in [1.165, 1.54) is 11.7 Å². The molecular formula is C21H27FN4O5. The molecule has 2 saturated carbocycles. The van der Waals surface area contributed by atoms with Crippen LogP contribution < -0.4 is 26.6 Å². The van der Waals surface area contributed by atoms with Gasteiger partial charge >= 0.3 is 5.69 Å². The summed E-state index contributed by atoms with van der Waals surface area (Å²) in [4.78, 5) is 29.2. The normalized spacial score (nSPS) is 28.6. The van der Waals surface area contributed by atoms with Gasteiger partial charge in [-0.3, -0.25) is 14.3 Å². The second-order valence-corrected chi connectivity index (χ2v) is 9.01. The number of aliphatic hydroxyl groups excluding tert-OH is 2. The highest BCUT2D eigenvalue weighted by atomic mass is 19.1. The van der Waals surface area contributed by atoms with E-state index in [2.05, 4.69) is 4.98 Å². The van der Waals surface area contributed by atoms with Crippen LogP contribution in [0.15, 0.2) is 9.59 Å². The molecular weight excluding hydrogens is 407 g/mol. The second kappa shape index (κ2) is 7.23. The summed E-state index contributed by atoms with van der Waals surface area (Å²) in [5.41, 5.74) is 4.76. The molecule has 10 heteroatoms. The number of nitrogens with two attached hydrogens (primary N) is 1. The van der Waals surface area contributed by atoms with Gasteiger partial charge in [0.25, 0.3) is 5.56 Å². The van der Waals surface area contributed by atoms with E-state index in [0.29, 0.717) is 19.5 Å². The van der Waals surface area contributed by atoms with Gasteiger partial charge in [-0.1, -0.05) is 6.42 Å². The fourth-order valence-corrected chi connectivity index (χ4v) is 5.44. The third-order valence-electron chi connectivity index (χ3n) is 7.12. The molecule has 1 aromatic carbocycles. The third kappa shape index (κ3) is 3.03. The molecule has 168 valence electrons. The number of fused-ring (bicyclic) bond motifs is 2. The highest BCUT2D eigenvalue weighted by molar-refractivity contribution is 5.99. The number of aromatic nitrogens is 2. The largest absolute Gasteiger partial charge is 0.492 e. The van der Waals surface area contributed by atoms with Crippen LogP contribution in [0.4, 0.5) is 15.8 Å². The van der Waals surface area contributed by atoms with E-state index in [1.54, 1.807) is 4.90 Å². The number of nitrogen functional groups attached to an aromatic ring is 1. The highest BCUT2D eigenvalue weighted by Crippen LogP contribution is 2.47. The minimum atomic E-state index is -0.892. The number of anilines is 2. The number of hydrogen-bond donors (Lipinski definition) is 4. The predicted octanol–water partition coefficient (Wildman–Crippen LogP) is 0.713. The molecule has 1 aromatic heterocycles. The maximum Gasteiger partial charge on any atom is 0.329 e. The lowest BCUT2D eigenvalue weighted by molar-refractivity contribution is -0.0161. The van der Waals surface area contributed by atoms with Crippen molar-refractivity contribution in [1.29, 1.82) is 0 Å². The predicted molar refractivity (Wildman–Crippen MR) is 113 cm³/mol. The van der Waals surface area contributed by atoms with Crippen molar-refractivity contribution in [3.63, 3.8) is 0 Å². The zero-order valence-corrected chi connectivity index (χ0v) is 17.3. The van der Waals surface area contributed by atoms with Crippen LogP contribution in [0.3, 0.4) is 0 Å². The van der Waals surface area contributed by atoms with E-state index < -0.39 is 29.3 Å². The van der Waals surface area contributed by atoms with Crippen LogP contribution in [0.2, 0.25) is 0 Å². The summed E-state index contributed by atoms with van der Waals surface area (Å²) >= 11 is 0. The Morgan fingerprint density at radius 3 is 2.58 bits per heavy atom. The topological polar surface area (TPSA) is 134 Å². The molecule has 3 aliphatic rings. The number of methoxy groups -OCH3 is 1. The van der Waals surface area contributed by atoms with Gasteiger partial charge in [0, 0.05) is 25.0 Å². The van der Waals surface area contributed by atoms with E-state index in [0.717, 1.165) is 25.7 Å². The number of nitrogens with zero attached hydrogens (tertiary/aromatic N) is 2. The summed E-state index contributed by atoms with van der Waals surface area (Å²) in [6, 6.07) is -0.0971. The van der Waals surface area contributed by atoms with Crippen LogP contribution >= 0.6 is 0 Å². The highest BCUT2D eigenvalue weighted by Gasteiger charge is 2.44. The van der Waals surface area contributed by atoms with Crippen molar-refractivity contribution < 1.29 is 19.3 Å². The Morgan fingerprint density at radius 1 is 1.16 bits per heavy atom. The molecule has 3 fully saturated rings. The van der Waals surface area contributed by atoms with Gasteiger partial charge in [0.1, 0.15) is 11.2 Å². The van der Waals surface area contributed by atoms with Crippen molar-refractivity contribution in [3.05, 3.63) is 26.7 Å². The molecule has 4 atom stereocenters. The van der Waals surface area contributed by atoms with Crippen molar-refractivity contribution >= 4 is 22.3 Å². The van der Waals surface area contributed by atoms with Crippen LogP contribution in [0.5, 0.6) is 5.75 Å². The number of rotatable bonds is 3. The molecule has 2 aromatic rings. The summed E-state index contributed by atoms with van der Waals surface area (Å²) in [6.07, 6.45) is 1.99. The molecule has 9 nitrogen and oxygen atoms in total. The van der Waals surface area contributed by atoms with Gasteiger partial charge in [0.2, 0.25) is 0 Å². The fourth-order valence-electron chi connectivity index (χ4n) is 5.44. The van der Waals surface area contributed by atoms with Crippen molar-refractivity contribution in [2.24, 2.45) is 11.8 Å². The smallest absolute Gasteiger partial charge is 0.329 e. The Balaban J connectivity index is 1.72. The number of ether oxygens (including phenoxy) is 1. The average Bonchev–Trinajstić information content (AvgIpc) is 3.49. The van der Waals surface area contributed by atoms with Gasteiger partial charge in [-0.2, -0.15) is 0 Å². The van der Waals surface area contributed by atoms with Crippen LogP contribution in [-0.4, -0.2) is 52.2 Å². The first-order valence-electron chi connectivity index (χ1n) is 10.8. The monoisotopic (exact) mass is 434 g/mol. The number of H-pyrrole nitrogens is 1. The quantitative estimate of drug-likeness (QED) is 0.523. The van der Waals surface area contributed by atoms with E-state index in [-0.39, 0.29) is 45.9 Å². The first-order chi connectivity index (χ1) is 14.8. The Morgan fingerprint density at radius 2 is 1.90 bits per heavy atom. The van der Waals surface area contributed by atoms with Gasteiger partial charge in [0.15, 0.2) is 11.6 Å². The molecule has 0 spiro atoms. The SMILES string of the molecule is COc1c(N2CC3CCCC(O)C(O)C3C2)c(F)c(N)c2c(=O)[nH]c(=O)n(C3CC3)c12. The van der Waals surface area contributed by atoms with Crippen molar-refractivity contribution in [2.75, 3.05) is 30.8 Å². The minimum Gasteiger partial charge on any atom is -0.492 e. The maximum atomic E-state index is 15.6. The van der Waals surface area contributed by atoms with Crippen LogP contribution in [-0.2, 0) is 0 Å². The lowest BCUT2D eigenvalue weighted by atomic mass is 9.89. The van der Waals surface area contributed by atoms with Gasteiger partial charge in [-0.05, 0) is 31.6 Å². The summed E-state index contributed by atoms with van der Waals surface area (Å²) in [5, 5.41) is 20.7. The van der Waals surface area contributed by atoms with Gasteiger partial charge < -0.3 is 25.6 Å². The zero-order chi connectivity index (χ0) is 22.0. The summed E-state index contributed by atoms with van der Waals surface area (Å²) in [6.45, 7) is 0.779. The molecule has 1 saturated heterocycles. The molecule has 0 bridgehead atoms. The van der Waals surface area contributed by atoms with Crippen molar-refractivity contribution in [2.45, 2.75) is 50.4 Å². The molecule has 0 radical (unpaired) electrons. The molecule has 5 N–H and O–H groups in total. The molecule has 2 heterocycles. The average molecular weight is 434 g/mol. The molecule has 2 aliphatic carbocycles. The van der Waals surface area contributed by atoms with E-state index in [1.807, 2.05) is 0 Å². The molecule has 31 heavy (non-hydrogen) atoms. The maximum absolute atomic E-state index is 15.6. The van der Waals surface area contributed by atoms with E-state index >= 15 is 4.39 Å². The molecule has 5 rings (SSSR count). The van der Waals surface area contributed by atoms with Crippen LogP contribution in [0, 0.1) is 17.7 Å². The Labute approximate surface area is 177 Å². The fraction of sp³-hybridized carbons (Fsp3) is 0.619. The minimum absolute atomic E-state index is 0.0815. The Hall–Kier alpha value is -2.59.